The lowest BCUT2D eigenvalue weighted by Crippen LogP contribution is -2.35. The highest BCUT2D eigenvalue weighted by atomic mass is 15.3. The third-order valence-electron chi connectivity index (χ3n) is 4.26. The predicted octanol–water partition coefficient (Wildman–Crippen LogP) is 2.93. The Balaban J connectivity index is 1.55. The van der Waals surface area contributed by atoms with Crippen molar-refractivity contribution in [1.82, 2.24) is 15.2 Å². The van der Waals surface area contributed by atoms with Crippen LogP contribution in [-0.4, -0.2) is 34.8 Å². The van der Waals surface area contributed by atoms with Gasteiger partial charge in [-0.25, -0.2) is 0 Å². The maximum absolute atomic E-state index is 4.54. The molecule has 1 fully saturated rings. The van der Waals surface area contributed by atoms with Gasteiger partial charge in [-0.15, -0.1) is 11.7 Å². The number of nitrogens with zero attached hydrogens (tertiary/aromatic N) is 4. The van der Waals surface area contributed by atoms with E-state index < -0.39 is 0 Å². The summed E-state index contributed by atoms with van der Waals surface area (Å²) in [5.74, 6) is 2.22. The predicted molar refractivity (Wildman–Crippen MR) is 93.6 cm³/mol. The van der Waals surface area contributed by atoms with Crippen LogP contribution in [0.1, 0.15) is 18.4 Å². The number of rotatable bonds is 6. The van der Waals surface area contributed by atoms with Crippen LogP contribution in [0.25, 0.3) is 0 Å². The van der Waals surface area contributed by atoms with Gasteiger partial charge in [-0.1, -0.05) is 36.4 Å². The summed E-state index contributed by atoms with van der Waals surface area (Å²) in [4.78, 5) is 6.84. The third-order valence-corrected chi connectivity index (χ3v) is 4.26. The first-order valence-electron chi connectivity index (χ1n) is 8.18. The minimum atomic E-state index is 0.564. The Hall–Kier alpha value is -2.43. The van der Waals surface area contributed by atoms with Crippen LogP contribution in [0.2, 0.25) is 0 Å². The highest BCUT2D eigenvalue weighted by Crippen LogP contribution is 2.24. The fraction of sp³-hybridized carbons (Fsp3) is 0.389. The van der Waals surface area contributed by atoms with E-state index in [2.05, 4.69) is 62.3 Å². The number of hydrogen-bond donors (Lipinski definition) is 1. The van der Waals surface area contributed by atoms with Crippen molar-refractivity contribution >= 4 is 11.8 Å². The Kier molecular flexibility index (Phi) is 5.19. The van der Waals surface area contributed by atoms with Crippen LogP contribution in [0.15, 0.2) is 49.2 Å². The van der Waals surface area contributed by atoms with Crippen molar-refractivity contribution in [3.8, 4) is 0 Å². The van der Waals surface area contributed by atoms with E-state index in [4.69, 9.17) is 0 Å². The number of piperidine rings is 1. The van der Waals surface area contributed by atoms with Gasteiger partial charge in [0.1, 0.15) is 0 Å². The second-order valence-electron chi connectivity index (χ2n) is 5.93. The molecule has 23 heavy (non-hydrogen) atoms. The van der Waals surface area contributed by atoms with Crippen molar-refractivity contribution in [2.24, 2.45) is 5.92 Å². The molecule has 0 amide bonds. The van der Waals surface area contributed by atoms with Gasteiger partial charge in [0.15, 0.2) is 5.82 Å². The van der Waals surface area contributed by atoms with E-state index in [9.17, 15) is 0 Å². The molecule has 1 saturated heterocycles. The second kappa shape index (κ2) is 7.72. The van der Waals surface area contributed by atoms with Crippen molar-refractivity contribution in [3.05, 3.63) is 54.7 Å². The van der Waals surface area contributed by atoms with Crippen LogP contribution in [-0.2, 0) is 6.42 Å². The highest BCUT2D eigenvalue weighted by molar-refractivity contribution is 5.40. The molecule has 1 aromatic heterocycles. The molecule has 0 aliphatic carbocycles. The lowest BCUT2D eigenvalue weighted by atomic mass is 9.90. The molecule has 0 spiro atoms. The largest absolute Gasteiger partial charge is 0.355 e. The summed E-state index contributed by atoms with van der Waals surface area (Å²) in [5.41, 5.74) is 1.44. The molecule has 0 unspecified atom stereocenters. The molecule has 0 saturated carbocycles. The summed E-state index contributed by atoms with van der Waals surface area (Å²) in [6.45, 7) is 6.37. The number of aromatic nitrogens is 3. The molecule has 2 heterocycles. The molecule has 120 valence electrons. The van der Waals surface area contributed by atoms with Crippen molar-refractivity contribution in [2.75, 3.05) is 29.9 Å². The molecular weight excluding hydrogens is 286 g/mol. The van der Waals surface area contributed by atoms with Gasteiger partial charge in [0, 0.05) is 19.6 Å². The minimum absolute atomic E-state index is 0.564. The standard InChI is InChI=1S/C18H23N5/c1-2-10-19-18-21-17(14-20-22-18)23-11-8-16(9-12-23)13-15-6-4-3-5-7-15/h2-7,14,16H,1,8-13H2,(H,19,21,22). The Bertz CT molecular complexity index is 620. The minimum Gasteiger partial charge on any atom is -0.355 e. The van der Waals surface area contributed by atoms with Gasteiger partial charge in [0.2, 0.25) is 5.95 Å². The average molecular weight is 309 g/mol. The average Bonchev–Trinajstić information content (AvgIpc) is 2.62. The van der Waals surface area contributed by atoms with E-state index in [-0.39, 0.29) is 0 Å². The summed E-state index contributed by atoms with van der Waals surface area (Å²) >= 11 is 0. The van der Waals surface area contributed by atoms with Crippen LogP contribution < -0.4 is 10.2 Å². The van der Waals surface area contributed by atoms with Gasteiger partial charge in [0.05, 0.1) is 6.20 Å². The Morgan fingerprint density at radius 2 is 2.00 bits per heavy atom. The molecule has 2 aromatic rings. The Morgan fingerprint density at radius 3 is 2.74 bits per heavy atom. The van der Waals surface area contributed by atoms with Gasteiger partial charge in [-0.05, 0) is 30.7 Å². The zero-order valence-electron chi connectivity index (χ0n) is 13.4. The molecule has 1 aromatic carbocycles. The van der Waals surface area contributed by atoms with Crippen molar-refractivity contribution in [3.63, 3.8) is 0 Å². The molecular formula is C18H23N5. The summed E-state index contributed by atoms with van der Waals surface area (Å²) < 4.78 is 0. The topological polar surface area (TPSA) is 53.9 Å². The zero-order valence-corrected chi connectivity index (χ0v) is 13.4. The molecule has 5 nitrogen and oxygen atoms in total. The van der Waals surface area contributed by atoms with E-state index >= 15 is 0 Å². The van der Waals surface area contributed by atoms with Crippen LogP contribution in [0.5, 0.6) is 0 Å². The van der Waals surface area contributed by atoms with Crippen LogP contribution in [0, 0.1) is 5.92 Å². The maximum Gasteiger partial charge on any atom is 0.244 e. The van der Waals surface area contributed by atoms with E-state index in [1.165, 1.54) is 24.8 Å². The highest BCUT2D eigenvalue weighted by Gasteiger charge is 2.21. The normalized spacial score (nSPS) is 15.4. The molecule has 1 aliphatic rings. The quantitative estimate of drug-likeness (QED) is 0.832. The van der Waals surface area contributed by atoms with Crippen molar-refractivity contribution in [2.45, 2.75) is 19.3 Å². The first kappa shape index (κ1) is 15.5. The molecule has 5 heteroatoms. The second-order valence-corrected chi connectivity index (χ2v) is 5.93. The van der Waals surface area contributed by atoms with E-state index in [0.29, 0.717) is 12.5 Å². The first-order chi connectivity index (χ1) is 11.3. The number of hydrogen-bond acceptors (Lipinski definition) is 5. The van der Waals surface area contributed by atoms with Gasteiger partial charge < -0.3 is 10.2 Å². The van der Waals surface area contributed by atoms with Gasteiger partial charge in [-0.3, -0.25) is 0 Å². The molecule has 1 aliphatic heterocycles. The monoisotopic (exact) mass is 309 g/mol. The maximum atomic E-state index is 4.54. The van der Waals surface area contributed by atoms with Crippen LogP contribution in [0.3, 0.4) is 0 Å². The Labute approximate surface area is 137 Å². The van der Waals surface area contributed by atoms with Gasteiger partial charge in [0.25, 0.3) is 0 Å². The van der Waals surface area contributed by atoms with Crippen LogP contribution >= 0.6 is 0 Å². The van der Waals surface area contributed by atoms with Gasteiger partial charge >= 0.3 is 0 Å². The van der Waals surface area contributed by atoms with E-state index in [1.54, 1.807) is 12.3 Å². The molecule has 0 bridgehead atoms. The number of anilines is 2. The number of nitrogens with one attached hydrogen (secondary N) is 1. The molecule has 1 N–H and O–H groups in total. The molecule has 0 radical (unpaired) electrons. The van der Waals surface area contributed by atoms with Gasteiger partial charge in [-0.2, -0.15) is 10.1 Å². The summed E-state index contributed by atoms with van der Waals surface area (Å²) in [5, 5.41) is 11.1. The fourth-order valence-electron chi connectivity index (χ4n) is 3.00. The lowest BCUT2D eigenvalue weighted by Gasteiger charge is -2.32. The zero-order chi connectivity index (χ0) is 15.9. The summed E-state index contributed by atoms with van der Waals surface area (Å²) in [6, 6.07) is 10.8. The fourth-order valence-corrected chi connectivity index (χ4v) is 3.00. The molecule has 0 atom stereocenters. The third kappa shape index (κ3) is 4.28. The lowest BCUT2D eigenvalue weighted by molar-refractivity contribution is 0.402. The van der Waals surface area contributed by atoms with Crippen molar-refractivity contribution < 1.29 is 0 Å². The summed E-state index contributed by atoms with van der Waals surface area (Å²) in [6.07, 6.45) is 7.08. The SMILES string of the molecule is C=CCNc1nncc(N2CCC(Cc3ccccc3)CC2)n1. The van der Waals surface area contributed by atoms with Crippen molar-refractivity contribution in [1.29, 1.82) is 0 Å². The first-order valence-corrected chi connectivity index (χ1v) is 8.18. The van der Waals surface area contributed by atoms with E-state index in [1.807, 2.05) is 0 Å². The van der Waals surface area contributed by atoms with E-state index in [0.717, 1.165) is 24.8 Å². The molecule has 3 rings (SSSR count). The smallest absolute Gasteiger partial charge is 0.244 e. The number of benzene rings is 1. The summed E-state index contributed by atoms with van der Waals surface area (Å²) in [7, 11) is 0. The Morgan fingerprint density at radius 1 is 1.22 bits per heavy atom. The van der Waals surface area contributed by atoms with Crippen LogP contribution in [0.4, 0.5) is 11.8 Å².